The van der Waals surface area contributed by atoms with Crippen LogP contribution < -0.4 is 10.9 Å². The van der Waals surface area contributed by atoms with Crippen molar-refractivity contribution in [3.05, 3.63) is 29.1 Å². The molecule has 4 heteroatoms. The number of terminal acetylenes is 1. The number of halogens is 1. The molecule has 0 aromatic heterocycles. The Morgan fingerprint density at radius 1 is 1.64 bits per heavy atom. The Morgan fingerprint density at radius 3 is 2.71 bits per heavy atom. The van der Waals surface area contributed by atoms with E-state index in [-0.39, 0.29) is 6.61 Å². The van der Waals surface area contributed by atoms with Crippen molar-refractivity contribution in [2.24, 2.45) is 5.84 Å². The van der Waals surface area contributed by atoms with Gasteiger partial charge in [0, 0.05) is 18.2 Å². The van der Waals surface area contributed by atoms with Gasteiger partial charge in [-0.05, 0) is 12.1 Å². The smallest absolute Gasteiger partial charge is 0.126 e. The van der Waals surface area contributed by atoms with Gasteiger partial charge in [-0.1, -0.05) is 5.92 Å². The van der Waals surface area contributed by atoms with Crippen molar-refractivity contribution in [1.82, 2.24) is 0 Å². The van der Waals surface area contributed by atoms with Gasteiger partial charge in [-0.2, -0.15) is 0 Å². The van der Waals surface area contributed by atoms with E-state index in [1.54, 1.807) is 7.05 Å². The van der Waals surface area contributed by atoms with Crippen molar-refractivity contribution < 1.29 is 9.50 Å². The fourth-order valence-corrected chi connectivity index (χ4v) is 1.23. The van der Waals surface area contributed by atoms with Gasteiger partial charge >= 0.3 is 0 Å². The number of benzene rings is 1. The monoisotopic (exact) mass is 194 g/mol. The molecule has 0 saturated carbocycles. The molecule has 1 aromatic carbocycles. The van der Waals surface area contributed by atoms with E-state index in [4.69, 9.17) is 17.4 Å². The molecule has 0 fully saturated rings. The van der Waals surface area contributed by atoms with Crippen LogP contribution in [-0.4, -0.2) is 12.2 Å². The lowest BCUT2D eigenvalue weighted by Crippen LogP contribution is -2.26. The molecular formula is C10H11FN2O. The standard InChI is InChI=1S/C10H11FN2O/c1-3-7-4-8(11)5-10(13(2)12)9(7)6-14/h1,4-5,14H,6,12H2,2H3. The van der Waals surface area contributed by atoms with Crippen LogP contribution in [0.5, 0.6) is 0 Å². The Labute approximate surface area is 81.9 Å². The average molecular weight is 194 g/mol. The van der Waals surface area contributed by atoms with Gasteiger partial charge in [0.05, 0.1) is 12.3 Å². The average Bonchev–Trinajstić information content (AvgIpc) is 2.16. The van der Waals surface area contributed by atoms with Crippen molar-refractivity contribution in [2.45, 2.75) is 6.61 Å². The number of rotatable bonds is 2. The van der Waals surface area contributed by atoms with Gasteiger partial charge in [0.25, 0.3) is 0 Å². The molecule has 74 valence electrons. The zero-order chi connectivity index (χ0) is 10.7. The third-order valence-corrected chi connectivity index (χ3v) is 1.88. The first-order valence-electron chi connectivity index (χ1n) is 3.98. The summed E-state index contributed by atoms with van der Waals surface area (Å²) >= 11 is 0. The second-order valence-electron chi connectivity index (χ2n) is 2.86. The fourth-order valence-electron chi connectivity index (χ4n) is 1.23. The van der Waals surface area contributed by atoms with Gasteiger partial charge < -0.3 is 10.1 Å². The minimum Gasteiger partial charge on any atom is -0.392 e. The van der Waals surface area contributed by atoms with Crippen LogP contribution in [-0.2, 0) is 6.61 Å². The molecule has 0 unspecified atom stereocenters. The van der Waals surface area contributed by atoms with Crippen molar-refractivity contribution in [3.8, 4) is 12.3 Å². The van der Waals surface area contributed by atoms with Crippen LogP contribution in [0.4, 0.5) is 10.1 Å². The zero-order valence-corrected chi connectivity index (χ0v) is 7.79. The second kappa shape index (κ2) is 4.09. The molecule has 1 aromatic rings. The number of aliphatic hydroxyl groups is 1. The molecular weight excluding hydrogens is 183 g/mol. The lowest BCUT2D eigenvalue weighted by molar-refractivity contribution is 0.281. The lowest BCUT2D eigenvalue weighted by Gasteiger charge is -2.17. The minimum atomic E-state index is -0.470. The van der Waals surface area contributed by atoms with Crippen LogP contribution in [0.15, 0.2) is 12.1 Å². The number of nitrogens with zero attached hydrogens (tertiary/aromatic N) is 1. The zero-order valence-electron chi connectivity index (χ0n) is 7.79. The van der Waals surface area contributed by atoms with Crippen LogP contribution in [0, 0.1) is 18.2 Å². The molecule has 0 amide bonds. The summed E-state index contributed by atoms with van der Waals surface area (Å²) in [5.41, 5.74) is 1.17. The SMILES string of the molecule is C#Cc1cc(F)cc(N(C)N)c1CO. The Kier molecular flexibility index (Phi) is 3.07. The molecule has 0 spiro atoms. The molecule has 0 saturated heterocycles. The highest BCUT2D eigenvalue weighted by atomic mass is 19.1. The van der Waals surface area contributed by atoms with Crippen molar-refractivity contribution in [1.29, 1.82) is 0 Å². The molecule has 0 aliphatic heterocycles. The number of hydrazine groups is 1. The van der Waals surface area contributed by atoms with E-state index >= 15 is 0 Å². The first-order chi connectivity index (χ1) is 6.60. The number of aliphatic hydroxyl groups excluding tert-OH is 1. The predicted molar refractivity (Wildman–Crippen MR) is 52.8 cm³/mol. The summed E-state index contributed by atoms with van der Waals surface area (Å²) in [6, 6.07) is 2.42. The van der Waals surface area contributed by atoms with Crippen LogP contribution in [0.3, 0.4) is 0 Å². The van der Waals surface area contributed by atoms with E-state index in [9.17, 15) is 4.39 Å². The second-order valence-corrected chi connectivity index (χ2v) is 2.86. The minimum absolute atomic E-state index is 0.267. The lowest BCUT2D eigenvalue weighted by atomic mass is 10.1. The van der Waals surface area contributed by atoms with Crippen molar-refractivity contribution in [3.63, 3.8) is 0 Å². The first kappa shape index (κ1) is 10.5. The molecule has 0 bridgehead atoms. The Bertz CT molecular complexity index is 382. The molecule has 0 aliphatic carbocycles. The van der Waals surface area contributed by atoms with Crippen molar-refractivity contribution in [2.75, 3.05) is 12.1 Å². The van der Waals surface area contributed by atoms with Gasteiger partial charge in [-0.25, -0.2) is 10.2 Å². The van der Waals surface area contributed by atoms with Gasteiger partial charge in [0.1, 0.15) is 5.82 Å². The third kappa shape index (κ3) is 1.84. The van der Waals surface area contributed by atoms with Crippen LogP contribution in [0.25, 0.3) is 0 Å². The largest absolute Gasteiger partial charge is 0.392 e. The van der Waals surface area contributed by atoms with Crippen LogP contribution in [0.1, 0.15) is 11.1 Å². The number of hydrogen-bond donors (Lipinski definition) is 2. The maximum absolute atomic E-state index is 13.0. The summed E-state index contributed by atoms with van der Waals surface area (Å²) in [7, 11) is 1.55. The molecule has 0 atom stereocenters. The van der Waals surface area contributed by atoms with Gasteiger partial charge in [-0.3, -0.25) is 0 Å². The summed E-state index contributed by atoms with van der Waals surface area (Å²) in [4.78, 5) is 0. The maximum atomic E-state index is 13.0. The fraction of sp³-hybridized carbons (Fsp3) is 0.200. The van der Waals surface area contributed by atoms with E-state index in [0.29, 0.717) is 16.8 Å². The Morgan fingerprint density at radius 2 is 2.29 bits per heavy atom. The van der Waals surface area contributed by atoms with Gasteiger partial charge in [-0.15, -0.1) is 6.42 Å². The third-order valence-electron chi connectivity index (χ3n) is 1.88. The van der Waals surface area contributed by atoms with E-state index in [1.807, 2.05) is 0 Å². The highest BCUT2D eigenvalue weighted by Crippen LogP contribution is 2.23. The van der Waals surface area contributed by atoms with E-state index in [2.05, 4.69) is 5.92 Å². The molecule has 0 heterocycles. The molecule has 0 radical (unpaired) electrons. The summed E-state index contributed by atoms with van der Waals surface area (Å²) in [5.74, 6) is 7.30. The van der Waals surface area contributed by atoms with Crippen molar-refractivity contribution >= 4 is 5.69 Å². The quantitative estimate of drug-likeness (QED) is 0.412. The van der Waals surface area contributed by atoms with Crippen LogP contribution in [0.2, 0.25) is 0 Å². The number of nitrogens with two attached hydrogens (primary N) is 1. The molecule has 3 nitrogen and oxygen atoms in total. The molecule has 3 N–H and O–H groups in total. The Hall–Kier alpha value is -1.57. The summed E-state index contributed by atoms with van der Waals surface area (Å²) in [6.45, 7) is -0.267. The topological polar surface area (TPSA) is 49.5 Å². The maximum Gasteiger partial charge on any atom is 0.126 e. The summed E-state index contributed by atoms with van der Waals surface area (Å²) < 4.78 is 13.0. The van der Waals surface area contributed by atoms with Gasteiger partial charge in [0.2, 0.25) is 0 Å². The molecule has 14 heavy (non-hydrogen) atoms. The summed E-state index contributed by atoms with van der Waals surface area (Å²) in [6.07, 6.45) is 5.18. The number of hydrogen-bond acceptors (Lipinski definition) is 3. The predicted octanol–water partition coefficient (Wildman–Crippen LogP) is 0.609. The van der Waals surface area contributed by atoms with Gasteiger partial charge in [0.15, 0.2) is 0 Å². The highest BCUT2D eigenvalue weighted by Gasteiger charge is 2.10. The molecule has 1 rings (SSSR count). The van der Waals surface area contributed by atoms with Crippen LogP contribution >= 0.6 is 0 Å². The number of anilines is 1. The Balaban J connectivity index is 3.41. The first-order valence-corrected chi connectivity index (χ1v) is 3.98. The van der Waals surface area contributed by atoms with E-state index in [0.717, 1.165) is 0 Å². The summed E-state index contributed by atoms with van der Waals surface area (Å²) in [5, 5.41) is 10.3. The molecule has 0 aliphatic rings. The normalized spacial score (nSPS) is 9.64. The van der Waals surface area contributed by atoms with E-state index in [1.165, 1.54) is 17.1 Å². The van der Waals surface area contributed by atoms with E-state index < -0.39 is 5.82 Å². The highest BCUT2D eigenvalue weighted by molar-refractivity contribution is 5.59.